The summed E-state index contributed by atoms with van der Waals surface area (Å²) in [4.78, 5) is 0.316. The Bertz CT molecular complexity index is 546. The van der Waals surface area contributed by atoms with Crippen molar-refractivity contribution in [3.05, 3.63) is 29.2 Å². The van der Waals surface area contributed by atoms with Gasteiger partial charge in [-0.15, -0.1) is 0 Å². The van der Waals surface area contributed by atoms with E-state index in [1.807, 2.05) is 6.92 Å². The number of hydrogen-bond acceptors (Lipinski definition) is 4. The quantitative estimate of drug-likeness (QED) is 0.810. The number of nitrogen functional groups attached to an aromatic ring is 1. The summed E-state index contributed by atoms with van der Waals surface area (Å²) in [5, 5.41) is 1.26. The molecule has 0 saturated carbocycles. The van der Waals surface area contributed by atoms with Crippen LogP contribution >= 0.6 is 0 Å². The van der Waals surface area contributed by atoms with Crippen LogP contribution in [-0.2, 0) is 14.6 Å². The van der Waals surface area contributed by atoms with Crippen molar-refractivity contribution in [3.8, 4) is 0 Å². The summed E-state index contributed by atoms with van der Waals surface area (Å²) >= 11 is 0. The molecule has 1 aromatic rings. The molecule has 1 aliphatic rings. The smallest absolute Gasteiger partial charge is 0.200 e. The molecule has 1 aromatic carbocycles. The van der Waals surface area contributed by atoms with Crippen molar-refractivity contribution in [2.45, 2.75) is 11.8 Å². The predicted molar refractivity (Wildman–Crippen MR) is 62.5 cm³/mol. The average Bonchev–Trinajstić information content (AvgIpc) is 2.47. The van der Waals surface area contributed by atoms with Gasteiger partial charge >= 0.3 is 0 Å². The third-order valence-electron chi connectivity index (χ3n) is 2.42. The van der Waals surface area contributed by atoms with Gasteiger partial charge in [0.25, 0.3) is 0 Å². The second-order valence-electron chi connectivity index (χ2n) is 3.58. The molecule has 0 aliphatic carbocycles. The maximum atomic E-state index is 11.8. The molecule has 2 N–H and O–H groups in total. The lowest BCUT2D eigenvalue weighted by atomic mass is 10.1. The van der Waals surface area contributed by atoms with Crippen LogP contribution in [0.5, 0.6) is 0 Å². The van der Waals surface area contributed by atoms with E-state index in [1.54, 1.807) is 12.1 Å². The van der Waals surface area contributed by atoms with Gasteiger partial charge in [-0.1, -0.05) is 0 Å². The summed E-state index contributed by atoms with van der Waals surface area (Å²) in [6, 6.07) is 4.80. The van der Waals surface area contributed by atoms with Gasteiger partial charge in [0.05, 0.1) is 11.5 Å². The number of hydrogen-bond donors (Lipinski definition) is 1. The highest BCUT2D eigenvalue weighted by Gasteiger charge is 2.26. The van der Waals surface area contributed by atoms with Gasteiger partial charge in [-0.05, 0) is 30.7 Å². The van der Waals surface area contributed by atoms with E-state index < -0.39 is 9.84 Å². The van der Waals surface area contributed by atoms with Gasteiger partial charge in [0.15, 0.2) is 0 Å². The molecule has 0 atom stereocenters. The van der Waals surface area contributed by atoms with Crippen molar-refractivity contribution in [2.75, 3.05) is 18.9 Å². The Labute approximate surface area is 94.6 Å². The fraction of sp³-hybridized carbons (Fsp3) is 0.273. The SMILES string of the molecule is CCOCC1=CS(=O)(=O)c2ccc(N)cc21. The van der Waals surface area contributed by atoms with E-state index in [-0.39, 0.29) is 0 Å². The van der Waals surface area contributed by atoms with Crippen molar-refractivity contribution >= 4 is 21.1 Å². The van der Waals surface area contributed by atoms with Crippen molar-refractivity contribution in [1.82, 2.24) is 0 Å². The van der Waals surface area contributed by atoms with Crippen LogP contribution in [0.15, 0.2) is 28.5 Å². The molecule has 16 heavy (non-hydrogen) atoms. The van der Waals surface area contributed by atoms with Gasteiger partial charge in [0.1, 0.15) is 0 Å². The summed E-state index contributed by atoms with van der Waals surface area (Å²) in [5.41, 5.74) is 7.53. The third kappa shape index (κ3) is 1.83. The van der Waals surface area contributed by atoms with Crippen molar-refractivity contribution in [3.63, 3.8) is 0 Å². The summed E-state index contributed by atoms with van der Waals surface area (Å²) in [6.07, 6.45) is 0. The third-order valence-corrected chi connectivity index (χ3v) is 3.98. The van der Waals surface area contributed by atoms with Gasteiger partial charge < -0.3 is 10.5 Å². The summed E-state index contributed by atoms with van der Waals surface area (Å²) in [6.45, 7) is 2.71. The molecule has 0 fully saturated rings. The first-order valence-corrected chi connectivity index (χ1v) is 6.52. The van der Waals surface area contributed by atoms with Crippen LogP contribution in [0.25, 0.3) is 5.57 Å². The highest BCUT2D eigenvalue weighted by molar-refractivity contribution is 7.95. The molecule has 0 saturated heterocycles. The number of nitrogens with two attached hydrogens (primary N) is 1. The normalized spacial score (nSPS) is 16.9. The van der Waals surface area contributed by atoms with Crippen LogP contribution in [0.4, 0.5) is 5.69 Å². The summed E-state index contributed by atoms with van der Waals surface area (Å²) < 4.78 is 28.8. The Morgan fingerprint density at radius 3 is 2.81 bits per heavy atom. The molecule has 5 heteroatoms. The molecule has 0 spiro atoms. The first kappa shape index (κ1) is 11.2. The van der Waals surface area contributed by atoms with Gasteiger partial charge in [-0.25, -0.2) is 8.42 Å². The Morgan fingerprint density at radius 1 is 1.38 bits per heavy atom. The Hall–Kier alpha value is -1.33. The highest BCUT2D eigenvalue weighted by atomic mass is 32.2. The lowest BCUT2D eigenvalue weighted by molar-refractivity contribution is 0.182. The molecule has 0 amide bonds. The number of ether oxygens (including phenoxy) is 1. The van der Waals surface area contributed by atoms with Crippen molar-refractivity contribution < 1.29 is 13.2 Å². The summed E-state index contributed by atoms with van der Waals surface area (Å²) in [5.74, 6) is 0. The van der Waals surface area contributed by atoms with Gasteiger partial charge in [0.2, 0.25) is 9.84 Å². The van der Waals surface area contributed by atoms with E-state index in [9.17, 15) is 8.42 Å². The largest absolute Gasteiger partial charge is 0.399 e. The summed E-state index contributed by atoms with van der Waals surface area (Å²) in [7, 11) is -3.30. The van der Waals surface area contributed by atoms with Gasteiger partial charge in [-0.2, -0.15) is 0 Å². The molecule has 1 aliphatic heterocycles. The van der Waals surface area contributed by atoms with E-state index in [4.69, 9.17) is 10.5 Å². The first-order chi connectivity index (χ1) is 7.54. The van der Waals surface area contributed by atoms with E-state index >= 15 is 0 Å². The molecule has 1 heterocycles. The molecule has 0 radical (unpaired) electrons. The minimum Gasteiger partial charge on any atom is -0.399 e. The van der Waals surface area contributed by atoms with Crippen molar-refractivity contribution in [2.24, 2.45) is 0 Å². The fourth-order valence-corrected chi connectivity index (χ4v) is 3.14. The van der Waals surface area contributed by atoms with E-state index in [0.717, 1.165) is 0 Å². The van der Waals surface area contributed by atoms with E-state index in [1.165, 1.54) is 11.5 Å². The lowest BCUT2D eigenvalue weighted by Gasteiger charge is -2.05. The predicted octanol–water partition coefficient (Wildman–Crippen LogP) is 1.43. The molecule has 4 nitrogen and oxygen atoms in total. The minimum atomic E-state index is -3.30. The lowest BCUT2D eigenvalue weighted by Crippen LogP contribution is -1.97. The van der Waals surface area contributed by atoms with Crippen molar-refractivity contribution in [1.29, 1.82) is 0 Å². The maximum Gasteiger partial charge on any atom is 0.200 e. The molecule has 86 valence electrons. The number of fused-ring (bicyclic) bond motifs is 1. The van der Waals surface area contributed by atoms with Crippen LogP contribution < -0.4 is 5.73 Å². The van der Waals surface area contributed by atoms with Crippen LogP contribution in [-0.4, -0.2) is 21.6 Å². The van der Waals surface area contributed by atoms with E-state index in [2.05, 4.69) is 0 Å². The molecule has 0 unspecified atom stereocenters. The first-order valence-electron chi connectivity index (χ1n) is 4.98. The Balaban J connectivity index is 2.49. The molecule has 0 bridgehead atoms. The number of rotatable bonds is 3. The topological polar surface area (TPSA) is 69.4 Å². The highest BCUT2D eigenvalue weighted by Crippen LogP contribution is 2.34. The fourth-order valence-electron chi connectivity index (χ4n) is 1.68. The van der Waals surface area contributed by atoms with Crippen LogP contribution in [0.1, 0.15) is 12.5 Å². The van der Waals surface area contributed by atoms with E-state index in [0.29, 0.717) is 34.9 Å². The van der Waals surface area contributed by atoms with Gasteiger partial charge in [-0.3, -0.25) is 0 Å². The monoisotopic (exact) mass is 239 g/mol. The molecular weight excluding hydrogens is 226 g/mol. The zero-order valence-electron chi connectivity index (χ0n) is 8.93. The minimum absolute atomic E-state index is 0.298. The Kier molecular flexibility index (Phi) is 2.73. The molecule has 0 aromatic heterocycles. The molecular formula is C11H13NO3S. The van der Waals surface area contributed by atoms with Gasteiger partial charge in [0, 0.05) is 23.3 Å². The number of sulfone groups is 1. The standard InChI is InChI=1S/C11H13NO3S/c1-2-15-6-8-7-16(13,14)11-4-3-9(12)5-10(8)11/h3-5,7H,2,6,12H2,1H3. The maximum absolute atomic E-state index is 11.8. The van der Waals surface area contributed by atoms with Crippen LogP contribution in [0.3, 0.4) is 0 Å². The van der Waals surface area contributed by atoms with Crippen LogP contribution in [0.2, 0.25) is 0 Å². The molecule has 2 rings (SSSR count). The average molecular weight is 239 g/mol. The number of anilines is 1. The second kappa shape index (κ2) is 3.92. The van der Waals surface area contributed by atoms with Crippen LogP contribution in [0, 0.1) is 0 Å². The zero-order chi connectivity index (χ0) is 11.8. The second-order valence-corrected chi connectivity index (χ2v) is 5.35. The zero-order valence-corrected chi connectivity index (χ0v) is 9.75. The Morgan fingerprint density at radius 2 is 2.12 bits per heavy atom. The number of benzene rings is 1.